The van der Waals surface area contributed by atoms with Crippen LogP contribution in [0.1, 0.15) is 31.2 Å². The molecule has 1 aromatic rings. The van der Waals surface area contributed by atoms with Crippen LogP contribution >= 0.6 is 11.6 Å². The van der Waals surface area contributed by atoms with E-state index in [1.807, 2.05) is 12.1 Å². The lowest BCUT2D eigenvalue weighted by Crippen LogP contribution is -2.41. The van der Waals surface area contributed by atoms with Crippen LogP contribution in [-0.4, -0.2) is 22.4 Å². The number of phenolic OH excluding ortho intramolecular Hbond substituents is 1. The fraction of sp³-hybridized carbons (Fsp3) is 0.538. The first-order valence-electron chi connectivity index (χ1n) is 6.06. The Morgan fingerprint density at radius 1 is 1.29 bits per heavy atom. The highest BCUT2D eigenvalue weighted by Gasteiger charge is 2.22. The van der Waals surface area contributed by atoms with E-state index < -0.39 is 0 Å². The van der Waals surface area contributed by atoms with Crippen molar-refractivity contribution in [3.8, 4) is 5.75 Å². The maximum absolute atomic E-state index is 9.82. The summed E-state index contributed by atoms with van der Waals surface area (Å²) in [4.78, 5) is 0. The fourth-order valence-corrected chi connectivity index (χ4v) is 2.49. The van der Waals surface area contributed by atoms with Gasteiger partial charge in [0.15, 0.2) is 0 Å². The van der Waals surface area contributed by atoms with Crippen LogP contribution < -0.4 is 5.32 Å². The van der Waals surface area contributed by atoms with Crippen molar-refractivity contribution < 1.29 is 10.2 Å². The Morgan fingerprint density at radius 2 is 2.06 bits per heavy atom. The van der Waals surface area contributed by atoms with Crippen molar-refractivity contribution in [2.24, 2.45) is 0 Å². The van der Waals surface area contributed by atoms with Gasteiger partial charge in [-0.15, -0.1) is 0 Å². The third kappa shape index (κ3) is 3.12. The van der Waals surface area contributed by atoms with Crippen molar-refractivity contribution >= 4 is 11.6 Å². The maximum Gasteiger partial charge on any atom is 0.138 e. The molecule has 2 atom stereocenters. The Labute approximate surface area is 106 Å². The monoisotopic (exact) mass is 255 g/mol. The van der Waals surface area contributed by atoms with E-state index in [1.165, 1.54) is 0 Å². The van der Waals surface area contributed by atoms with E-state index in [0.29, 0.717) is 11.6 Å². The molecular weight excluding hydrogens is 238 g/mol. The van der Waals surface area contributed by atoms with E-state index in [1.54, 1.807) is 6.07 Å². The summed E-state index contributed by atoms with van der Waals surface area (Å²) in [5, 5.41) is 23.2. The van der Waals surface area contributed by atoms with Gasteiger partial charge in [0, 0.05) is 18.2 Å². The second kappa shape index (κ2) is 5.71. The highest BCUT2D eigenvalue weighted by Crippen LogP contribution is 2.27. The zero-order valence-corrected chi connectivity index (χ0v) is 10.5. The smallest absolute Gasteiger partial charge is 0.138 e. The maximum atomic E-state index is 9.82. The molecule has 94 valence electrons. The third-order valence-electron chi connectivity index (χ3n) is 3.35. The summed E-state index contributed by atoms with van der Waals surface area (Å²) in [6.07, 6.45) is 3.82. The lowest BCUT2D eigenvalue weighted by molar-refractivity contribution is 0.0901. The lowest BCUT2D eigenvalue weighted by Gasteiger charge is -2.28. The van der Waals surface area contributed by atoms with Gasteiger partial charge in [0.2, 0.25) is 0 Å². The van der Waals surface area contributed by atoms with E-state index >= 15 is 0 Å². The zero-order chi connectivity index (χ0) is 12.3. The number of para-hydroxylation sites is 1. The van der Waals surface area contributed by atoms with Crippen molar-refractivity contribution in [2.75, 3.05) is 0 Å². The molecule has 0 heterocycles. The van der Waals surface area contributed by atoms with Crippen LogP contribution in [0.15, 0.2) is 18.2 Å². The Hall–Kier alpha value is -0.770. The first-order valence-corrected chi connectivity index (χ1v) is 6.44. The molecule has 1 aliphatic rings. The Kier molecular flexibility index (Phi) is 4.26. The Morgan fingerprint density at radius 3 is 2.82 bits per heavy atom. The van der Waals surface area contributed by atoms with Crippen molar-refractivity contribution in [3.05, 3.63) is 28.8 Å². The molecule has 0 bridgehead atoms. The molecule has 1 fully saturated rings. The number of hydrogen-bond donors (Lipinski definition) is 3. The van der Waals surface area contributed by atoms with Gasteiger partial charge < -0.3 is 15.5 Å². The largest absolute Gasteiger partial charge is 0.506 e. The van der Waals surface area contributed by atoms with Gasteiger partial charge in [-0.2, -0.15) is 0 Å². The van der Waals surface area contributed by atoms with Crippen LogP contribution in [-0.2, 0) is 6.54 Å². The number of nitrogens with one attached hydrogen (secondary N) is 1. The second-order valence-corrected chi connectivity index (χ2v) is 4.99. The molecule has 2 rings (SSSR count). The number of halogens is 1. The van der Waals surface area contributed by atoms with Crippen LogP contribution in [0, 0.1) is 0 Å². The van der Waals surface area contributed by atoms with Gasteiger partial charge in [-0.1, -0.05) is 36.6 Å². The number of rotatable bonds is 3. The minimum Gasteiger partial charge on any atom is -0.506 e. The van der Waals surface area contributed by atoms with Gasteiger partial charge in [0.05, 0.1) is 11.1 Å². The number of aliphatic hydroxyl groups is 1. The average molecular weight is 256 g/mol. The molecule has 0 amide bonds. The van der Waals surface area contributed by atoms with Crippen LogP contribution in [0.4, 0.5) is 0 Å². The number of aliphatic hydroxyl groups excluding tert-OH is 1. The molecule has 3 nitrogen and oxygen atoms in total. The van der Waals surface area contributed by atoms with Gasteiger partial charge in [0.25, 0.3) is 0 Å². The van der Waals surface area contributed by atoms with Crippen molar-refractivity contribution in [3.63, 3.8) is 0 Å². The zero-order valence-electron chi connectivity index (χ0n) is 9.69. The Bertz CT molecular complexity index is 384. The van der Waals surface area contributed by atoms with E-state index in [2.05, 4.69) is 5.32 Å². The predicted molar refractivity (Wildman–Crippen MR) is 68.2 cm³/mol. The predicted octanol–water partition coefficient (Wildman–Crippen LogP) is 2.44. The van der Waals surface area contributed by atoms with E-state index in [0.717, 1.165) is 31.2 Å². The van der Waals surface area contributed by atoms with Gasteiger partial charge in [-0.25, -0.2) is 0 Å². The van der Waals surface area contributed by atoms with Gasteiger partial charge in [-0.05, 0) is 18.9 Å². The first-order chi connectivity index (χ1) is 8.18. The molecule has 17 heavy (non-hydrogen) atoms. The molecule has 2 unspecified atom stereocenters. The van der Waals surface area contributed by atoms with E-state index in [9.17, 15) is 10.2 Å². The van der Waals surface area contributed by atoms with Gasteiger partial charge in [0.1, 0.15) is 5.75 Å². The summed E-state index contributed by atoms with van der Waals surface area (Å²) in [6, 6.07) is 5.44. The first kappa shape index (κ1) is 12.7. The standard InChI is InChI=1S/C13H18ClNO2/c14-10-5-3-4-9(13(10)17)8-15-11-6-1-2-7-12(11)16/h3-5,11-12,15-17H,1-2,6-8H2. The normalized spacial score (nSPS) is 24.8. The summed E-state index contributed by atoms with van der Waals surface area (Å²) in [5.74, 6) is 0.131. The van der Waals surface area contributed by atoms with Gasteiger partial charge in [-0.3, -0.25) is 0 Å². The summed E-state index contributed by atoms with van der Waals surface area (Å²) in [5.41, 5.74) is 0.773. The number of phenols is 1. The molecule has 0 radical (unpaired) electrons. The molecule has 4 heteroatoms. The summed E-state index contributed by atoms with van der Waals surface area (Å²) < 4.78 is 0. The molecule has 0 saturated heterocycles. The van der Waals surface area contributed by atoms with Crippen LogP contribution in [0.25, 0.3) is 0 Å². The van der Waals surface area contributed by atoms with Crippen LogP contribution in [0.5, 0.6) is 5.75 Å². The van der Waals surface area contributed by atoms with E-state index in [-0.39, 0.29) is 17.9 Å². The van der Waals surface area contributed by atoms with Crippen molar-refractivity contribution in [1.82, 2.24) is 5.32 Å². The van der Waals surface area contributed by atoms with Gasteiger partial charge >= 0.3 is 0 Å². The van der Waals surface area contributed by atoms with E-state index in [4.69, 9.17) is 11.6 Å². The van der Waals surface area contributed by atoms with Crippen molar-refractivity contribution in [1.29, 1.82) is 0 Å². The molecule has 1 aromatic carbocycles. The summed E-state index contributed by atoms with van der Waals surface area (Å²) in [6.45, 7) is 0.536. The topological polar surface area (TPSA) is 52.5 Å². The SMILES string of the molecule is Oc1c(Cl)cccc1CNC1CCCCC1O. The molecule has 1 saturated carbocycles. The minimum absolute atomic E-state index is 0.127. The average Bonchev–Trinajstić information content (AvgIpc) is 2.33. The molecule has 1 aliphatic carbocycles. The highest BCUT2D eigenvalue weighted by atomic mass is 35.5. The molecule has 0 aliphatic heterocycles. The quantitative estimate of drug-likeness (QED) is 0.778. The fourth-order valence-electron chi connectivity index (χ4n) is 2.29. The lowest BCUT2D eigenvalue weighted by atomic mass is 9.92. The van der Waals surface area contributed by atoms with Crippen LogP contribution in [0.3, 0.4) is 0 Å². The summed E-state index contributed by atoms with van der Waals surface area (Å²) >= 11 is 5.84. The minimum atomic E-state index is -0.273. The van der Waals surface area contributed by atoms with Crippen LogP contribution in [0.2, 0.25) is 5.02 Å². The molecule has 3 N–H and O–H groups in total. The number of hydrogen-bond acceptors (Lipinski definition) is 3. The highest BCUT2D eigenvalue weighted by molar-refractivity contribution is 6.32. The molecule has 0 aromatic heterocycles. The molecule has 0 spiro atoms. The summed E-state index contributed by atoms with van der Waals surface area (Å²) in [7, 11) is 0. The molecular formula is C13H18ClNO2. The second-order valence-electron chi connectivity index (χ2n) is 4.59. The third-order valence-corrected chi connectivity index (χ3v) is 3.66. The Balaban J connectivity index is 1.95. The number of benzene rings is 1. The van der Waals surface area contributed by atoms with Crippen molar-refractivity contribution in [2.45, 2.75) is 44.4 Å². The number of aromatic hydroxyl groups is 1.